The molecule has 1 saturated carbocycles. The molecule has 0 aliphatic heterocycles. The fourth-order valence-electron chi connectivity index (χ4n) is 3.21. The fraction of sp³-hybridized carbons (Fsp3) is 0.500. The van der Waals surface area contributed by atoms with Gasteiger partial charge in [0.2, 0.25) is 5.91 Å². The van der Waals surface area contributed by atoms with E-state index in [0.717, 1.165) is 18.5 Å². The van der Waals surface area contributed by atoms with Crippen LogP contribution in [0.2, 0.25) is 0 Å². The number of nitrogens with zero attached hydrogens (tertiary/aromatic N) is 4. The second kappa shape index (κ2) is 8.07. The van der Waals surface area contributed by atoms with Crippen LogP contribution in [0.5, 0.6) is 0 Å². The fourth-order valence-corrected chi connectivity index (χ4v) is 3.21. The molecular formula is C18H23N5O3. The Hall–Kier alpha value is -2.77. The van der Waals surface area contributed by atoms with Gasteiger partial charge >= 0.3 is 0 Å². The maximum atomic E-state index is 12.2. The Bertz CT molecular complexity index is 896. The summed E-state index contributed by atoms with van der Waals surface area (Å²) in [4.78, 5) is 44.3. The van der Waals surface area contributed by atoms with Gasteiger partial charge in [-0.2, -0.15) is 0 Å². The van der Waals surface area contributed by atoms with Crippen LogP contribution < -0.4 is 16.4 Å². The molecule has 8 nitrogen and oxygen atoms in total. The van der Waals surface area contributed by atoms with Crippen LogP contribution in [0.1, 0.15) is 43.0 Å². The number of amides is 1. The molecule has 1 N–H and O–H groups in total. The lowest BCUT2D eigenvalue weighted by molar-refractivity contribution is -0.121. The molecule has 2 heterocycles. The molecule has 0 spiro atoms. The van der Waals surface area contributed by atoms with Crippen LogP contribution in [-0.4, -0.2) is 31.6 Å². The number of hydrogen-bond acceptors (Lipinski definition) is 5. The average molecular weight is 357 g/mol. The van der Waals surface area contributed by atoms with E-state index in [2.05, 4.69) is 15.3 Å². The first-order chi connectivity index (χ1) is 12.5. The van der Waals surface area contributed by atoms with Crippen molar-refractivity contribution in [3.63, 3.8) is 0 Å². The highest BCUT2D eigenvalue weighted by Gasteiger charge is 2.18. The van der Waals surface area contributed by atoms with Crippen molar-refractivity contribution in [1.29, 1.82) is 0 Å². The summed E-state index contributed by atoms with van der Waals surface area (Å²) in [6.45, 7) is 2.25. The van der Waals surface area contributed by atoms with E-state index in [1.54, 1.807) is 19.3 Å². The molecule has 0 radical (unpaired) electrons. The van der Waals surface area contributed by atoms with Gasteiger partial charge in [-0.15, -0.1) is 0 Å². The quantitative estimate of drug-likeness (QED) is 0.815. The number of carbonyl (C=O) groups excluding carboxylic acids is 1. The first-order valence-electron chi connectivity index (χ1n) is 8.89. The van der Waals surface area contributed by atoms with Crippen LogP contribution in [0.25, 0.3) is 0 Å². The second-order valence-electron chi connectivity index (χ2n) is 6.67. The van der Waals surface area contributed by atoms with Crippen LogP contribution in [-0.2, 0) is 17.9 Å². The maximum Gasteiger partial charge on any atom is 0.253 e. The predicted molar refractivity (Wildman–Crippen MR) is 95.9 cm³/mol. The van der Waals surface area contributed by atoms with Gasteiger partial charge in [0.1, 0.15) is 6.54 Å². The van der Waals surface area contributed by atoms with Crippen LogP contribution in [0.15, 0.2) is 34.4 Å². The van der Waals surface area contributed by atoms with Crippen molar-refractivity contribution < 1.29 is 4.79 Å². The van der Waals surface area contributed by atoms with Gasteiger partial charge in [-0.3, -0.25) is 23.5 Å². The number of aromatic nitrogens is 4. The zero-order chi connectivity index (χ0) is 18.5. The number of nitrogens with one attached hydrogen (secondary N) is 1. The van der Waals surface area contributed by atoms with Gasteiger partial charge in [-0.05, 0) is 19.8 Å². The summed E-state index contributed by atoms with van der Waals surface area (Å²) in [7, 11) is 0. The van der Waals surface area contributed by atoms with E-state index in [0.29, 0.717) is 18.2 Å². The molecule has 1 fully saturated rings. The molecule has 0 atom stereocenters. The van der Waals surface area contributed by atoms with Gasteiger partial charge < -0.3 is 5.32 Å². The molecule has 0 saturated heterocycles. The highest BCUT2D eigenvalue weighted by molar-refractivity contribution is 5.75. The summed E-state index contributed by atoms with van der Waals surface area (Å²) < 4.78 is 2.73. The lowest BCUT2D eigenvalue weighted by atomic mass is 10.0. The van der Waals surface area contributed by atoms with Gasteiger partial charge in [-0.25, -0.2) is 9.97 Å². The van der Waals surface area contributed by atoms with E-state index in [4.69, 9.17) is 0 Å². The first-order valence-corrected chi connectivity index (χ1v) is 8.89. The molecule has 2 aromatic rings. The van der Waals surface area contributed by atoms with E-state index < -0.39 is 0 Å². The Morgan fingerprint density at radius 2 is 1.81 bits per heavy atom. The Morgan fingerprint density at radius 3 is 2.50 bits per heavy atom. The molecule has 0 bridgehead atoms. The maximum absolute atomic E-state index is 12.2. The van der Waals surface area contributed by atoms with Crippen LogP contribution in [0.3, 0.4) is 0 Å². The van der Waals surface area contributed by atoms with Gasteiger partial charge in [0.25, 0.3) is 11.1 Å². The molecular weight excluding hydrogens is 334 g/mol. The van der Waals surface area contributed by atoms with Gasteiger partial charge in [0, 0.05) is 36.8 Å². The first kappa shape index (κ1) is 18.0. The third-order valence-electron chi connectivity index (χ3n) is 4.68. The van der Waals surface area contributed by atoms with Crippen molar-refractivity contribution in [2.75, 3.05) is 6.54 Å². The van der Waals surface area contributed by atoms with Gasteiger partial charge in [-0.1, -0.05) is 12.8 Å². The summed E-state index contributed by atoms with van der Waals surface area (Å²) in [6.07, 6.45) is 7.49. The molecule has 26 heavy (non-hydrogen) atoms. The number of hydrogen-bond donors (Lipinski definition) is 1. The SMILES string of the molecule is Cc1cc(=O)n(CC(=O)NCCn2cnc(C3CCCC3)cc2=O)cn1. The van der Waals surface area contributed by atoms with E-state index in [-0.39, 0.29) is 30.1 Å². The highest BCUT2D eigenvalue weighted by atomic mass is 16.2. The highest BCUT2D eigenvalue weighted by Crippen LogP contribution is 2.32. The van der Waals surface area contributed by atoms with Crippen molar-refractivity contribution in [2.24, 2.45) is 0 Å². The molecule has 1 aliphatic carbocycles. The van der Waals surface area contributed by atoms with Crippen LogP contribution in [0, 0.1) is 6.92 Å². The summed E-state index contributed by atoms with van der Waals surface area (Å²) >= 11 is 0. The summed E-state index contributed by atoms with van der Waals surface area (Å²) in [5.74, 6) is 0.0971. The summed E-state index contributed by atoms with van der Waals surface area (Å²) in [5, 5.41) is 2.70. The smallest absolute Gasteiger partial charge is 0.253 e. The van der Waals surface area contributed by atoms with Crippen molar-refractivity contribution in [1.82, 2.24) is 24.4 Å². The zero-order valence-electron chi connectivity index (χ0n) is 14.9. The second-order valence-corrected chi connectivity index (χ2v) is 6.67. The molecule has 2 aromatic heterocycles. The number of rotatable bonds is 6. The largest absolute Gasteiger partial charge is 0.353 e. The van der Waals surface area contributed by atoms with Gasteiger partial charge in [0.05, 0.1) is 18.3 Å². The minimum absolute atomic E-state index is 0.0973. The van der Waals surface area contributed by atoms with E-state index >= 15 is 0 Å². The Balaban J connectivity index is 1.52. The monoisotopic (exact) mass is 357 g/mol. The number of aryl methyl sites for hydroxylation is 1. The number of carbonyl (C=O) groups is 1. The molecule has 0 aromatic carbocycles. The predicted octanol–water partition coefficient (Wildman–Crippen LogP) is 0.582. The van der Waals surface area contributed by atoms with Crippen molar-refractivity contribution >= 4 is 5.91 Å². The van der Waals surface area contributed by atoms with Crippen molar-refractivity contribution in [3.8, 4) is 0 Å². The standard InChI is InChI=1S/C18H23N5O3/c1-13-8-17(25)23(11-20-13)10-16(24)19-6-7-22-12-21-15(9-18(22)26)14-4-2-3-5-14/h8-9,11-12,14H,2-7,10H2,1H3,(H,19,24). The topological polar surface area (TPSA) is 98.9 Å². The normalized spacial score (nSPS) is 14.5. The third-order valence-corrected chi connectivity index (χ3v) is 4.68. The van der Waals surface area contributed by atoms with E-state index in [1.807, 2.05) is 0 Å². The summed E-state index contributed by atoms with van der Waals surface area (Å²) in [5.41, 5.74) is 1.12. The molecule has 138 valence electrons. The minimum Gasteiger partial charge on any atom is -0.353 e. The van der Waals surface area contributed by atoms with Crippen molar-refractivity contribution in [2.45, 2.75) is 51.6 Å². The molecule has 1 aliphatic rings. The lowest BCUT2D eigenvalue weighted by Crippen LogP contribution is -2.35. The molecule has 8 heteroatoms. The zero-order valence-corrected chi connectivity index (χ0v) is 14.9. The average Bonchev–Trinajstić information content (AvgIpc) is 3.13. The van der Waals surface area contributed by atoms with E-state index in [9.17, 15) is 14.4 Å². The van der Waals surface area contributed by atoms with Crippen LogP contribution in [0.4, 0.5) is 0 Å². The van der Waals surface area contributed by atoms with E-state index in [1.165, 1.54) is 34.4 Å². The Kier molecular flexibility index (Phi) is 5.60. The minimum atomic E-state index is -0.304. The Labute approximate surface area is 150 Å². The molecule has 0 unspecified atom stereocenters. The molecule has 1 amide bonds. The summed E-state index contributed by atoms with van der Waals surface area (Å²) in [6, 6.07) is 2.99. The van der Waals surface area contributed by atoms with Crippen LogP contribution >= 0.6 is 0 Å². The third kappa shape index (κ3) is 4.44. The Morgan fingerprint density at radius 1 is 1.12 bits per heavy atom. The molecule has 3 rings (SSSR count). The van der Waals surface area contributed by atoms with Gasteiger partial charge in [0.15, 0.2) is 0 Å². The lowest BCUT2D eigenvalue weighted by Gasteiger charge is -2.11. The van der Waals surface area contributed by atoms with Crippen molar-refractivity contribution in [3.05, 3.63) is 56.9 Å².